The number of amides is 1. The molecular formula is C20H30FN3O2. The van der Waals surface area contributed by atoms with Crippen LogP contribution in [-0.4, -0.2) is 66.7 Å². The van der Waals surface area contributed by atoms with Crippen LogP contribution in [0.25, 0.3) is 0 Å². The van der Waals surface area contributed by atoms with E-state index >= 15 is 0 Å². The minimum absolute atomic E-state index is 0.0381. The molecule has 3 atom stereocenters. The van der Waals surface area contributed by atoms with Crippen LogP contribution in [0.2, 0.25) is 0 Å². The lowest BCUT2D eigenvalue weighted by atomic mass is 10.1. The summed E-state index contributed by atoms with van der Waals surface area (Å²) < 4.78 is 19.5. The highest BCUT2D eigenvalue weighted by atomic mass is 19.1. The maximum absolute atomic E-state index is 13.7. The number of ether oxygens (including phenoxy) is 1. The number of morpholine rings is 1. The number of hydrogen-bond donors (Lipinski definition) is 1. The third-order valence-electron chi connectivity index (χ3n) is 5.24. The first-order valence-electron chi connectivity index (χ1n) is 9.63. The molecule has 2 aliphatic rings. The third-order valence-corrected chi connectivity index (χ3v) is 5.24. The van der Waals surface area contributed by atoms with Gasteiger partial charge in [0.25, 0.3) is 0 Å². The normalized spacial score (nSPS) is 27.6. The Balaban J connectivity index is 1.47. The summed E-state index contributed by atoms with van der Waals surface area (Å²) in [4.78, 5) is 17.0. The molecule has 0 bridgehead atoms. The van der Waals surface area contributed by atoms with Crippen LogP contribution in [0.4, 0.5) is 4.39 Å². The van der Waals surface area contributed by atoms with Crippen molar-refractivity contribution in [2.75, 3.05) is 32.7 Å². The van der Waals surface area contributed by atoms with Crippen LogP contribution in [-0.2, 0) is 16.1 Å². The van der Waals surface area contributed by atoms with E-state index in [1.807, 2.05) is 0 Å². The van der Waals surface area contributed by atoms with Crippen molar-refractivity contribution in [3.8, 4) is 0 Å². The minimum Gasteiger partial charge on any atom is -0.373 e. The van der Waals surface area contributed by atoms with Crippen molar-refractivity contribution in [1.29, 1.82) is 0 Å². The van der Waals surface area contributed by atoms with Crippen molar-refractivity contribution < 1.29 is 13.9 Å². The summed E-state index contributed by atoms with van der Waals surface area (Å²) in [7, 11) is 0. The second kappa shape index (κ2) is 8.93. The van der Waals surface area contributed by atoms with Crippen LogP contribution in [0, 0.1) is 5.82 Å². The Morgan fingerprint density at radius 2 is 2.00 bits per heavy atom. The van der Waals surface area contributed by atoms with E-state index in [0.29, 0.717) is 18.2 Å². The molecular weight excluding hydrogens is 333 g/mol. The second-order valence-corrected chi connectivity index (χ2v) is 7.61. The summed E-state index contributed by atoms with van der Waals surface area (Å²) in [5.41, 5.74) is 0.523. The number of likely N-dealkylation sites (tertiary alicyclic amines) is 1. The number of hydrogen-bond acceptors (Lipinski definition) is 4. The van der Waals surface area contributed by atoms with Crippen molar-refractivity contribution >= 4 is 5.91 Å². The first kappa shape index (κ1) is 19.3. The summed E-state index contributed by atoms with van der Waals surface area (Å²) >= 11 is 0. The van der Waals surface area contributed by atoms with Crippen LogP contribution < -0.4 is 5.32 Å². The van der Waals surface area contributed by atoms with E-state index in [4.69, 9.17) is 4.74 Å². The van der Waals surface area contributed by atoms with Crippen molar-refractivity contribution in [3.63, 3.8) is 0 Å². The summed E-state index contributed by atoms with van der Waals surface area (Å²) in [5, 5.41) is 2.85. The summed E-state index contributed by atoms with van der Waals surface area (Å²) in [6, 6.07) is 6.97. The van der Waals surface area contributed by atoms with E-state index in [2.05, 4.69) is 29.0 Å². The number of rotatable bonds is 6. The van der Waals surface area contributed by atoms with E-state index in [9.17, 15) is 9.18 Å². The van der Waals surface area contributed by atoms with E-state index in [0.717, 1.165) is 39.0 Å². The highest BCUT2D eigenvalue weighted by Gasteiger charge is 2.30. The standard InChI is InChI=1S/C20H30FN3O2/c1-15-11-23(12-16(2)26-15)13-18-7-5-9-24(18)14-20(25)22-10-17-6-3-4-8-19(17)21/h3-4,6,8,15-16,18H,5,7,9-14H2,1-2H3,(H,22,25)/t15-,16-,18+/m1/s1. The average Bonchev–Trinajstić information content (AvgIpc) is 3.00. The molecule has 1 aromatic carbocycles. The van der Waals surface area contributed by atoms with Gasteiger partial charge in [-0.25, -0.2) is 4.39 Å². The van der Waals surface area contributed by atoms with E-state index in [1.165, 1.54) is 6.07 Å². The number of carbonyl (C=O) groups is 1. The predicted octanol–water partition coefficient (Wildman–Crippen LogP) is 2.02. The van der Waals surface area contributed by atoms with E-state index in [-0.39, 0.29) is 30.5 Å². The van der Waals surface area contributed by atoms with Gasteiger partial charge in [-0.2, -0.15) is 0 Å². The highest BCUT2D eigenvalue weighted by molar-refractivity contribution is 5.78. The number of carbonyl (C=O) groups excluding carboxylic acids is 1. The second-order valence-electron chi connectivity index (χ2n) is 7.61. The lowest BCUT2D eigenvalue weighted by Crippen LogP contribution is -2.51. The number of benzene rings is 1. The third kappa shape index (κ3) is 5.25. The van der Waals surface area contributed by atoms with Gasteiger partial charge in [0.05, 0.1) is 18.8 Å². The molecule has 0 aliphatic carbocycles. The van der Waals surface area contributed by atoms with Gasteiger partial charge in [-0.1, -0.05) is 18.2 Å². The molecule has 0 aromatic heterocycles. The quantitative estimate of drug-likeness (QED) is 0.840. The zero-order valence-corrected chi connectivity index (χ0v) is 15.8. The lowest BCUT2D eigenvalue weighted by molar-refractivity contribution is -0.123. The van der Waals surface area contributed by atoms with Gasteiger partial charge in [-0.3, -0.25) is 14.6 Å². The molecule has 26 heavy (non-hydrogen) atoms. The molecule has 0 spiro atoms. The van der Waals surface area contributed by atoms with Crippen LogP contribution >= 0.6 is 0 Å². The molecule has 5 nitrogen and oxygen atoms in total. The Bertz CT molecular complexity index is 602. The average molecular weight is 363 g/mol. The summed E-state index contributed by atoms with van der Waals surface area (Å²) in [6.07, 6.45) is 2.77. The molecule has 0 saturated carbocycles. The zero-order valence-electron chi connectivity index (χ0n) is 15.8. The van der Waals surface area contributed by atoms with Crippen LogP contribution in [0.3, 0.4) is 0 Å². The first-order chi connectivity index (χ1) is 12.5. The number of nitrogens with zero attached hydrogens (tertiary/aromatic N) is 2. The molecule has 1 amide bonds. The van der Waals surface area contributed by atoms with Gasteiger partial charge in [0.15, 0.2) is 0 Å². The fourth-order valence-electron chi connectivity index (χ4n) is 4.12. The van der Waals surface area contributed by atoms with Gasteiger partial charge < -0.3 is 10.1 Å². The Kier molecular flexibility index (Phi) is 6.62. The SMILES string of the molecule is C[C@@H]1CN(C[C@@H]2CCCN2CC(=O)NCc2ccccc2F)C[C@@H](C)O1. The lowest BCUT2D eigenvalue weighted by Gasteiger charge is -2.38. The molecule has 2 aliphatic heterocycles. The van der Waals surface area contributed by atoms with Gasteiger partial charge in [-0.15, -0.1) is 0 Å². The molecule has 2 heterocycles. The largest absolute Gasteiger partial charge is 0.373 e. The van der Waals surface area contributed by atoms with Crippen molar-refractivity contribution in [1.82, 2.24) is 15.1 Å². The van der Waals surface area contributed by atoms with Gasteiger partial charge >= 0.3 is 0 Å². The predicted molar refractivity (Wildman–Crippen MR) is 99.3 cm³/mol. The van der Waals surface area contributed by atoms with Crippen LogP contribution in [0.15, 0.2) is 24.3 Å². The highest BCUT2D eigenvalue weighted by Crippen LogP contribution is 2.20. The Morgan fingerprint density at radius 3 is 2.73 bits per heavy atom. The Labute approximate surface area is 155 Å². The Hall–Kier alpha value is -1.50. The zero-order chi connectivity index (χ0) is 18.5. The molecule has 6 heteroatoms. The topological polar surface area (TPSA) is 44.8 Å². The van der Waals surface area contributed by atoms with Crippen molar-refractivity contribution in [2.24, 2.45) is 0 Å². The Morgan fingerprint density at radius 1 is 1.27 bits per heavy atom. The molecule has 144 valence electrons. The van der Waals surface area contributed by atoms with Gasteiger partial charge in [-0.05, 0) is 39.3 Å². The van der Waals surface area contributed by atoms with Crippen LogP contribution in [0.5, 0.6) is 0 Å². The van der Waals surface area contributed by atoms with E-state index in [1.54, 1.807) is 18.2 Å². The van der Waals surface area contributed by atoms with Crippen LogP contribution in [0.1, 0.15) is 32.3 Å². The first-order valence-corrected chi connectivity index (χ1v) is 9.63. The minimum atomic E-state index is -0.276. The maximum atomic E-state index is 13.7. The fourth-order valence-corrected chi connectivity index (χ4v) is 4.12. The molecule has 2 saturated heterocycles. The molecule has 0 radical (unpaired) electrons. The van der Waals surface area contributed by atoms with Gasteiger partial charge in [0.2, 0.25) is 5.91 Å². The molecule has 1 N–H and O–H groups in total. The van der Waals surface area contributed by atoms with Gasteiger partial charge in [0, 0.05) is 37.8 Å². The molecule has 1 aromatic rings. The summed E-state index contributed by atoms with van der Waals surface area (Å²) in [5.74, 6) is -0.314. The number of halogens is 1. The number of nitrogens with one attached hydrogen (secondary N) is 1. The monoisotopic (exact) mass is 363 g/mol. The van der Waals surface area contributed by atoms with E-state index < -0.39 is 0 Å². The maximum Gasteiger partial charge on any atom is 0.234 e. The van der Waals surface area contributed by atoms with Crippen molar-refractivity contribution in [3.05, 3.63) is 35.6 Å². The summed E-state index contributed by atoms with van der Waals surface area (Å²) in [6.45, 7) is 8.70. The fraction of sp³-hybridized carbons (Fsp3) is 0.650. The smallest absolute Gasteiger partial charge is 0.234 e. The molecule has 0 unspecified atom stereocenters. The molecule has 3 rings (SSSR count). The van der Waals surface area contributed by atoms with Gasteiger partial charge in [0.1, 0.15) is 5.82 Å². The van der Waals surface area contributed by atoms with Crippen molar-refractivity contribution in [2.45, 2.75) is 51.5 Å². The molecule has 2 fully saturated rings.